The highest BCUT2D eigenvalue weighted by atomic mass is 16.5. The number of benzene rings is 1. The highest BCUT2D eigenvalue weighted by Gasteiger charge is 2.34. The summed E-state index contributed by atoms with van der Waals surface area (Å²) in [5.74, 6) is -1.61. The number of rotatable bonds is 7. The van der Waals surface area contributed by atoms with E-state index in [4.69, 9.17) is 9.84 Å². The van der Waals surface area contributed by atoms with E-state index in [2.05, 4.69) is 5.32 Å². The molecule has 1 atom stereocenters. The van der Waals surface area contributed by atoms with Gasteiger partial charge in [-0.25, -0.2) is 9.59 Å². The van der Waals surface area contributed by atoms with Crippen LogP contribution in [-0.4, -0.2) is 35.1 Å². The van der Waals surface area contributed by atoms with Crippen molar-refractivity contribution in [3.8, 4) is 0 Å². The summed E-state index contributed by atoms with van der Waals surface area (Å²) in [5.41, 5.74) is 1.01. The van der Waals surface area contributed by atoms with E-state index in [1.807, 2.05) is 0 Å². The monoisotopic (exact) mass is 399 g/mol. The van der Waals surface area contributed by atoms with Crippen molar-refractivity contribution in [2.45, 2.75) is 69.9 Å². The number of carboxylic acids is 1. The van der Waals surface area contributed by atoms with Crippen LogP contribution < -0.4 is 5.32 Å². The van der Waals surface area contributed by atoms with Gasteiger partial charge in [0.05, 0.1) is 0 Å². The van der Waals surface area contributed by atoms with Crippen LogP contribution in [-0.2, 0) is 14.3 Å². The van der Waals surface area contributed by atoms with Gasteiger partial charge in [-0.05, 0) is 68.2 Å². The Bertz CT molecular complexity index is 760. The highest BCUT2D eigenvalue weighted by Crippen LogP contribution is 2.29. The lowest BCUT2D eigenvalue weighted by Gasteiger charge is -2.30. The van der Waals surface area contributed by atoms with Gasteiger partial charge >= 0.3 is 11.9 Å². The molecule has 2 aliphatic rings. The third-order valence-electron chi connectivity index (χ3n) is 5.81. The van der Waals surface area contributed by atoms with E-state index in [1.54, 1.807) is 24.3 Å². The fourth-order valence-corrected chi connectivity index (χ4v) is 4.26. The Morgan fingerprint density at radius 3 is 2.41 bits per heavy atom. The Morgan fingerprint density at radius 1 is 1.03 bits per heavy atom. The second-order valence-corrected chi connectivity index (χ2v) is 7.99. The Balaban J connectivity index is 1.72. The van der Waals surface area contributed by atoms with Crippen LogP contribution >= 0.6 is 0 Å². The van der Waals surface area contributed by atoms with Crippen LogP contribution in [0.15, 0.2) is 30.3 Å². The van der Waals surface area contributed by atoms with Crippen molar-refractivity contribution in [1.82, 2.24) is 5.32 Å². The minimum absolute atomic E-state index is 0.0324. The zero-order valence-corrected chi connectivity index (χ0v) is 16.6. The lowest BCUT2D eigenvalue weighted by atomic mass is 9.83. The molecule has 0 aliphatic heterocycles. The summed E-state index contributed by atoms with van der Waals surface area (Å²) in [6, 6.07) is 6.07. The maximum Gasteiger partial charge on any atom is 0.329 e. The Hall–Kier alpha value is -2.63. The molecule has 156 valence electrons. The molecule has 0 saturated heterocycles. The van der Waals surface area contributed by atoms with Crippen molar-refractivity contribution in [3.63, 3.8) is 0 Å². The first-order chi connectivity index (χ1) is 14.0. The molecule has 3 rings (SSSR count). The van der Waals surface area contributed by atoms with Gasteiger partial charge in [0.25, 0.3) is 5.91 Å². The first-order valence-electron chi connectivity index (χ1n) is 10.6. The molecule has 6 heteroatoms. The average Bonchev–Trinajstić information content (AvgIpc) is 3.24. The third kappa shape index (κ3) is 6.17. The number of aliphatic carboxylic acids is 1. The number of ether oxygens (including phenoxy) is 1. The van der Waals surface area contributed by atoms with Crippen LogP contribution in [0.25, 0.3) is 6.08 Å². The SMILES string of the molecule is O=C(O)/C=C/c1cccc(C(=O)N[C@H](C(=O)OC2CCCC2)C2CCCCC2)c1. The van der Waals surface area contributed by atoms with Gasteiger partial charge in [0.1, 0.15) is 12.1 Å². The van der Waals surface area contributed by atoms with E-state index in [-0.39, 0.29) is 23.9 Å². The third-order valence-corrected chi connectivity index (χ3v) is 5.81. The second kappa shape index (κ2) is 10.2. The Morgan fingerprint density at radius 2 is 1.72 bits per heavy atom. The lowest BCUT2D eigenvalue weighted by Crippen LogP contribution is -2.48. The Labute approximate surface area is 171 Å². The van der Waals surface area contributed by atoms with Crippen molar-refractivity contribution < 1.29 is 24.2 Å². The smallest absolute Gasteiger partial charge is 0.329 e. The van der Waals surface area contributed by atoms with Gasteiger partial charge in [0, 0.05) is 11.6 Å². The van der Waals surface area contributed by atoms with Crippen LogP contribution in [0.1, 0.15) is 73.7 Å². The van der Waals surface area contributed by atoms with Crippen LogP contribution in [0.2, 0.25) is 0 Å². The van der Waals surface area contributed by atoms with Crippen molar-refractivity contribution in [1.29, 1.82) is 0 Å². The highest BCUT2D eigenvalue weighted by molar-refractivity contribution is 5.97. The number of nitrogens with one attached hydrogen (secondary N) is 1. The van der Waals surface area contributed by atoms with Gasteiger partial charge in [-0.3, -0.25) is 4.79 Å². The molecular weight excluding hydrogens is 370 g/mol. The minimum Gasteiger partial charge on any atom is -0.478 e. The minimum atomic E-state index is -1.05. The average molecular weight is 399 g/mol. The molecule has 0 bridgehead atoms. The van der Waals surface area contributed by atoms with E-state index in [0.29, 0.717) is 11.1 Å². The number of esters is 1. The summed E-state index contributed by atoms with van der Waals surface area (Å²) in [7, 11) is 0. The maximum absolute atomic E-state index is 12.9. The van der Waals surface area contributed by atoms with Crippen LogP contribution in [0.3, 0.4) is 0 Å². The molecule has 2 N–H and O–H groups in total. The van der Waals surface area contributed by atoms with Gasteiger partial charge in [0.2, 0.25) is 0 Å². The zero-order valence-electron chi connectivity index (χ0n) is 16.6. The molecule has 6 nitrogen and oxygen atoms in total. The van der Waals surface area contributed by atoms with E-state index >= 15 is 0 Å². The normalized spacial score (nSPS) is 19.2. The summed E-state index contributed by atoms with van der Waals surface area (Å²) in [5, 5.41) is 11.7. The van der Waals surface area contributed by atoms with Gasteiger partial charge in [-0.1, -0.05) is 31.4 Å². The molecule has 0 unspecified atom stereocenters. The van der Waals surface area contributed by atoms with Crippen LogP contribution in [0.4, 0.5) is 0 Å². The van der Waals surface area contributed by atoms with Gasteiger partial charge in [-0.2, -0.15) is 0 Å². The van der Waals surface area contributed by atoms with Crippen molar-refractivity contribution in [2.24, 2.45) is 5.92 Å². The molecular formula is C23H29NO5. The maximum atomic E-state index is 12.9. The predicted octanol–water partition coefficient (Wildman–Crippen LogP) is 3.95. The number of carbonyl (C=O) groups is 3. The summed E-state index contributed by atoms with van der Waals surface area (Å²) in [6.07, 6.45) is 11.5. The van der Waals surface area contributed by atoms with Gasteiger partial charge in [0.15, 0.2) is 0 Å². The molecule has 0 radical (unpaired) electrons. The molecule has 2 saturated carbocycles. The number of carbonyl (C=O) groups excluding carboxylic acids is 2. The number of hydrogen-bond donors (Lipinski definition) is 2. The van der Waals surface area contributed by atoms with Crippen molar-refractivity contribution >= 4 is 23.9 Å². The van der Waals surface area contributed by atoms with E-state index in [0.717, 1.165) is 63.9 Å². The first kappa shape index (κ1) is 21.1. The number of amides is 1. The van der Waals surface area contributed by atoms with Gasteiger partial charge < -0.3 is 15.2 Å². The molecule has 0 aromatic heterocycles. The van der Waals surface area contributed by atoms with Crippen LogP contribution in [0.5, 0.6) is 0 Å². The topological polar surface area (TPSA) is 92.7 Å². The first-order valence-corrected chi connectivity index (χ1v) is 10.6. The second-order valence-electron chi connectivity index (χ2n) is 7.99. The molecule has 0 spiro atoms. The summed E-state index contributed by atoms with van der Waals surface area (Å²) < 4.78 is 5.72. The fourth-order valence-electron chi connectivity index (χ4n) is 4.26. The Kier molecular flexibility index (Phi) is 7.44. The molecule has 0 heterocycles. The summed E-state index contributed by atoms with van der Waals surface area (Å²) >= 11 is 0. The summed E-state index contributed by atoms with van der Waals surface area (Å²) in [4.78, 5) is 36.5. The lowest BCUT2D eigenvalue weighted by molar-refractivity contribution is -0.153. The number of hydrogen-bond acceptors (Lipinski definition) is 4. The molecule has 1 aromatic rings. The van der Waals surface area contributed by atoms with Crippen LogP contribution in [0, 0.1) is 5.92 Å². The standard InChI is InChI=1S/C23H29NO5/c25-20(26)14-13-16-7-6-10-18(15-16)22(27)24-21(17-8-2-1-3-9-17)23(28)29-19-11-4-5-12-19/h6-7,10,13-15,17,19,21H,1-5,8-9,11-12H2,(H,24,27)(H,25,26)/b14-13+/t21-/m0/s1. The molecule has 2 aliphatic carbocycles. The quantitative estimate of drug-likeness (QED) is 0.535. The van der Waals surface area contributed by atoms with Gasteiger partial charge in [-0.15, -0.1) is 0 Å². The zero-order chi connectivity index (χ0) is 20.6. The largest absolute Gasteiger partial charge is 0.478 e. The van der Waals surface area contributed by atoms with E-state index in [1.165, 1.54) is 6.08 Å². The van der Waals surface area contributed by atoms with Crippen molar-refractivity contribution in [3.05, 3.63) is 41.5 Å². The molecule has 1 amide bonds. The molecule has 29 heavy (non-hydrogen) atoms. The molecule has 1 aromatic carbocycles. The molecule has 2 fully saturated rings. The van der Waals surface area contributed by atoms with E-state index < -0.39 is 12.0 Å². The number of carboxylic acid groups (broad SMARTS) is 1. The van der Waals surface area contributed by atoms with E-state index in [9.17, 15) is 14.4 Å². The predicted molar refractivity (Wildman–Crippen MR) is 109 cm³/mol. The van der Waals surface area contributed by atoms with Crippen molar-refractivity contribution in [2.75, 3.05) is 0 Å². The summed E-state index contributed by atoms with van der Waals surface area (Å²) in [6.45, 7) is 0. The fraction of sp³-hybridized carbons (Fsp3) is 0.522.